The molecule has 1 amide bonds. The summed E-state index contributed by atoms with van der Waals surface area (Å²) < 4.78 is 20.7. The summed E-state index contributed by atoms with van der Waals surface area (Å²) in [5, 5.41) is 2.97. The number of carbonyl (C=O) groups excluding carboxylic acids is 1. The highest BCUT2D eigenvalue weighted by Gasteiger charge is 2.11. The fourth-order valence-electron chi connectivity index (χ4n) is 3.92. The van der Waals surface area contributed by atoms with Gasteiger partial charge in [0.1, 0.15) is 17.4 Å². The number of nitrogens with one attached hydrogen (secondary N) is 1. The molecule has 0 aliphatic heterocycles. The van der Waals surface area contributed by atoms with Crippen molar-refractivity contribution in [1.29, 1.82) is 0 Å². The molecular weight excluding hydrogens is 417 g/mol. The number of rotatable bonds is 10. The molecule has 1 heterocycles. The van der Waals surface area contributed by atoms with E-state index >= 15 is 0 Å². The molecule has 5 nitrogen and oxygen atoms in total. The predicted molar refractivity (Wildman–Crippen MR) is 128 cm³/mol. The molecular formula is C27H28FN3O2. The number of carbonyl (C=O) groups is 1. The summed E-state index contributed by atoms with van der Waals surface area (Å²) in [6.45, 7) is 1.29. The molecule has 0 aliphatic carbocycles. The van der Waals surface area contributed by atoms with Crippen molar-refractivity contribution in [2.45, 2.75) is 32.2 Å². The van der Waals surface area contributed by atoms with Crippen LogP contribution in [-0.2, 0) is 13.0 Å². The Morgan fingerprint density at radius 2 is 1.82 bits per heavy atom. The number of imidazole rings is 1. The number of fused-ring (bicyclic) bond motifs is 1. The van der Waals surface area contributed by atoms with E-state index < -0.39 is 0 Å². The normalized spacial score (nSPS) is 11.0. The highest BCUT2D eigenvalue weighted by molar-refractivity contribution is 5.94. The first kappa shape index (κ1) is 22.5. The van der Waals surface area contributed by atoms with Crippen molar-refractivity contribution >= 4 is 16.9 Å². The van der Waals surface area contributed by atoms with E-state index in [4.69, 9.17) is 9.72 Å². The number of para-hydroxylation sites is 2. The van der Waals surface area contributed by atoms with Crippen molar-refractivity contribution in [2.24, 2.45) is 0 Å². The molecule has 0 radical (unpaired) electrons. The molecule has 0 spiro atoms. The van der Waals surface area contributed by atoms with E-state index in [0.29, 0.717) is 24.4 Å². The fraction of sp³-hybridized carbons (Fsp3) is 0.259. The number of benzene rings is 3. The Kier molecular flexibility index (Phi) is 7.35. The van der Waals surface area contributed by atoms with Crippen LogP contribution in [0, 0.1) is 5.82 Å². The molecule has 6 heteroatoms. The average Bonchev–Trinajstić information content (AvgIpc) is 3.19. The first-order valence-corrected chi connectivity index (χ1v) is 11.2. The van der Waals surface area contributed by atoms with Crippen LogP contribution in [0.2, 0.25) is 0 Å². The summed E-state index contributed by atoms with van der Waals surface area (Å²) in [6, 6.07) is 21.9. The first-order valence-electron chi connectivity index (χ1n) is 11.2. The molecule has 4 aromatic rings. The Morgan fingerprint density at radius 1 is 1.00 bits per heavy atom. The van der Waals surface area contributed by atoms with E-state index in [1.807, 2.05) is 42.5 Å². The van der Waals surface area contributed by atoms with Gasteiger partial charge in [-0.15, -0.1) is 0 Å². The average molecular weight is 446 g/mol. The van der Waals surface area contributed by atoms with Crippen LogP contribution in [0.4, 0.5) is 4.39 Å². The molecule has 0 fully saturated rings. The third-order valence-electron chi connectivity index (χ3n) is 5.68. The zero-order valence-corrected chi connectivity index (χ0v) is 18.8. The maximum Gasteiger partial charge on any atom is 0.251 e. The lowest BCUT2D eigenvalue weighted by Crippen LogP contribution is -2.24. The summed E-state index contributed by atoms with van der Waals surface area (Å²) in [5.74, 6) is 1.38. The van der Waals surface area contributed by atoms with Gasteiger partial charge in [0, 0.05) is 25.1 Å². The van der Waals surface area contributed by atoms with Gasteiger partial charge in [0.05, 0.1) is 18.1 Å². The van der Waals surface area contributed by atoms with Crippen molar-refractivity contribution in [1.82, 2.24) is 14.9 Å². The number of aromatic nitrogens is 2. The molecule has 0 saturated carbocycles. The number of amides is 1. The van der Waals surface area contributed by atoms with Crippen LogP contribution in [0.5, 0.6) is 5.75 Å². The summed E-state index contributed by atoms with van der Waals surface area (Å²) >= 11 is 0. The molecule has 1 aromatic heterocycles. The Labute approximate surface area is 193 Å². The van der Waals surface area contributed by atoms with Crippen LogP contribution in [0.1, 0.15) is 41.0 Å². The maximum absolute atomic E-state index is 13.3. The topological polar surface area (TPSA) is 56.1 Å². The van der Waals surface area contributed by atoms with E-state index in [-0.39, 0.29) is 11.7 Å². The second kappa shape index (κ2) is 10.8. The monoisotopic (exact) mass is 445 g/mol. The summed E-state index contributed by atoms with van der Waals surface area (Å²) in [6.07, 6.45) is 3.70. The number of aryl methyl sites for hydroxylation is 1. The Hall–Kier alpha value is -3.67. The number of hydrogen-bond donors (Lipinski definition) is 1. The molecule has 0 saturated heterocycles. The fourth-order valence-corrected chi connectivity index (χ4v) is 3.92. The number of methoxy groups -OCH3 is 1. The van der Waals surface area contributed by atoms with Gasteiger partial charge >= 0.3 is 0 Å². The molecule has 0 unspecified atom stereocenters. The van der Waals surface area contributed by atoms with Gasteiger partial charge in [-0.05, 0) is 60.9 Å². The minimum atomic E-state index is -0.229. The third-order valence-corrected chi connectivity index (χ3v) is 5.68. The van der Waals surface area contributed by atoms with Gasteiger partial charge in [-0.3, -0.25) is 4.79 Å². The lowest BCUT2D eigenvalue weighted by Gasteiger charge is -2.10. The number of ether oxygens (including phenoxy) is 1. The smallest absolute Gasteiger partial charge is 0.251 e. The van der Waals surface area contributed by atoms with Gasteiger partial charge in [-0.1, -0.05) is 36.8 Å². The third kappa shape index (κ3) is 5.77. The van der Waals surface area contributed by atoms with Crippen LogP contribution < -0.4 is 10.1 Å². The molecule has 0 aliphatic rings. The Balaban J connectivity index is 1.31. The summed E-state index contributed by atoms with van der Waals surface area (Å²) in [4.78, 5) is 17.1. The van der Waals surface area contributed by atoms with Crippen molar-refractivity contribution < 1.29 is 13.9 Å². The van der Waals surface area contributed by atoms with Crippen LogP contribution in [0.3, 0.4) is 0 Å². The standard InChI is InChI=1S/C27H28FN3O2/c1-33-23-9-7-8-21(18-23)27(32)29-17-6-2-3-12-26-30-24-10-4-5-11-25(24)31(26)19-20-13-15-22(28)16-14-20/h4-5,7-11,13-16,18H,2-3,6,12,17,19H2,1H3,(H,29,32). The van der Waals surface area contributed by atoms with Crippen molar-refractivity contribution in [3.63, 3.8) is 0 Å². The zero-order valence-electron chi connectivity index (χ0n) is 18.8. The van der Waals surface area contributed by atoms with Crippen LogP contribution in [0.25, 0.3) is 11.0 Å². The molecule has 170 valence electrons. The van der Waals surface area contributed by atoms with Crippen molar-refractivity contribution in [3.8, 4) is 5.75 Å². The largest absolute Gasteiger partial charge is 0.497 e. The Bertz CT molecular complexity index is 1220. The second-order valence-electron chi connectivity index (χ2n) is 8.03. The van der Waals surface area contributed by atoms with Crippen LogP contribution in [0.15, 0.2) is 72.8 Å². The second-order valence-corrected chi connectivity index (χ2v) is 8.03. The SMILES string of the molecule is COc1cccc(C(=O)NCCCCCc2nc3ccccc3n2Cc2ccc(F)cc2)c1. The molecule has 3 aromatic carbocycles. The number of halogens is 1. The van der Waals surface area contributed by atoms with E-state index in [0.717, 1.165) is 48.1 Å². The van der Waals surface area contributed by atoms with E-state index in [2.05, 4.69) is 16.0 Å². The van der Waals surface area contributed by atoms with Gasteiger partial charge in [0.15, 0.2) is 0 Å². The molecule has 4 rings (SSSR count). The highest BCUT2D eigenvalue weighted by Crippen LogP contribution is 2.20. The van der Waals surface area contributed by atoms with E-state index in [1.54, 1.807) is 19.2 Å². The molecule has 1 N–H and O–H groups in total. The van der Waals surface area contributed by atoms with E-state index in [1.165, 1.54) is 12.1 Å². The summed E-state index contributed by atoms with van der Waals surface area (Å²) in [7, 11) is 1.59. The number of hydrogen-bond acceptors (Lipinski definition) is 3. The number of nitrogens with zero attached hydrogens (tertiary/aromatic N) is 2. The minimum absolute atomic E-state index is 0.0880. The van der Waals surface area contributed by atoms with Crippen molar-refractivity contribution in [3.05, 3.63) is 95.6 Å². The molecule has 0 atom stereocenters. The lowest BCUT2D eigenvalue weighted by molar-refractivity contribution is 0.0952. The quantitative estimate of drug-likeness (QED) is 0.334. The van der Waals surface area contributed by atoms with Crippen molar-refractivity contribution in [2.75, 3.05) is 13.7 Å². The van der Waals surface area contributed by atoms with Gasteiger partial charge < -0.3 is 14.6 Å². The maximum atomic E-state index is 13.3. The molecule has 0 bridgehead atoms. The minimum Gasteiger partial charge on any atom is -0.497 e. The van der Waals surface area contributed by atoms with Crippen LogP contribution >= 0.6 is 0 Å². The lowest BCUT2D eigenvalue weighted by atomic mass is 10.1. The van der Waals surface area contributed by atoms with Gasteiger partial charge in [-0.25, -0.2) is 9.37 Å². The van der Waals surface area contributed by atoms with Gasteiger partial charge in [0.25, 0.3) is 5.91 Å². The Morgan fingerprint density at radius 3 is 2.64 bits per heavy atom. The zero-order chi connectivity index (χ0) is 23.0. The van der Waals surface area contributed by atoms with Crippen LogP contribution in [-0.4, -0.2) is 29.1 Å². The predicted octanol–water partition coefficient (Wildman–Crippen LogP) is 5.38. The first-order chi connectivity index (χ1) is 16.1. The highest BCUT2D eigenvalue weighted by atomic mass is 19.1. The summed E-state index contributed by atoms with van der Waals surface area (Å²) in [5.41, 5.74) is 3.70. The van der Waals surface area contributed by atoms with Gasteiger partial charge in [0.2, 0.25) is 0 Å². The van der Waals surface area contributed by atoms with E-state index in [9.17, 15) is 9.18 Å². The molecule has 33 heavy (non-hydrogen) atoms. The van der Waals surface area contributed by atoms with Gasteiger partial charge in [-0.2, -0.15) is 0 Å². The number of unbranched alkanes of at least 4 members (excludes halogenated alkanes) is 2.